The van der Waals surface area contributed by atoms with Gasteiger partial charge in [0.1, 0.15) is 0 Å². The van der Waals surface area contributed by atoms with Crippen LogP contribution in [0.1, 0.15) is 12.5 Å². The van der Waals surface area contributed by atoms with Crippen LogP contribution in [-0.4, -0.2) is 13.5 Å². The summed E-state index contributed by atoms with van der Waals surface area (Å²) in [4.78, 5) is 0. The summed E-state index contributed by atoms with van der Waals surface area (Å²) in [5.41, 5.74) is -0.731. The van der Waals surface area contributed by atoms with Crippen molar-refractivity contribution in [3.8, 4) is 0 Å². The molecule has 0 unspecified atom stereocenters. The molecule has 0 fully saturated rings. The van der Waals surface area contributed by atoms with Gasteiger partial charge in [0.25, 0.3) is 0 Å². The molecule has 16 heavy (non-hydrogen) atoms. The lowest BCUT2D eigenvalue weighted by molar-refractivity contribution is -0.137. The summed E-state index contributed by atoms with van der Waals surface area (Å²) in [6.07, 6.45) is -4.35. The van der Waals surface area contributed by atoms with E-state index >= 15 is 0 Å². The lowest BCUT2D eigenvalue weighted by Crippen LogP contribution is -2.40. The molecular weight excluding hydrogens is 280 g/mol. The van der Waals surface area contributed by atoms with E-state index in [1.807, 2.05) is 0 Å². The first kappa shape index (κ1) is 13.8. The third-order valence-corrected chi connectivity index (χ3v) is 5.49. The zero-order valence-electron chi connectivity index (χ0n) is 8.31. The molecule has 0 amide bonds. The predicted octanol–water partition coefficient (Wildman–Crippen LogP) is 3.37. The number of alkyl halides is 3. The Bertz CT molecular complexity index is 351. The molecule has 0 N–H and O–H groups in total. The van der Waals surface area contributed by atoms with E-state index in [0.29, 0.717) is 11.8 Å². The molecule has 0 radical (unpaired) electrons. The van der Waals surface area contributed by atoms with Gasteiger partial charge in [-0.05, 0) is 24.2 Å². The van der Waals surface area contributed by atoms with Gasteiger partial charge < -0.3 is 4.43 Å². The number of hydrogen-bond donors (Lipinski definition) is 0. The maximum atomic E-state index is 12.3. The second-order valence-corrected chi connectivity index (χ2v) is 8.70. The Morgan fingerprint density at radius 1 is 1.19 bits per heavy atom. The van der Waals surface area contributed by atoms with Gasteiger partial charge in [0, 0.05) is 6.61 Å². The first-order chi connectivity index (χ1) is 7.27. The van der Waals surface area contributed by atoms with Crippen molar-refractivity contribution < 1.29 is 17.6 Å². The summed E-state index contributed by atoms with van der Waals surface area (Å²) < 4.78 is 42.0. The van der Waals surface area contributed by atoms with Crippen molar-refractivity contribution in [1.29, 1.82) is 0 Å². The van der Waals surface area contributed by atoms with Crippen LogP contribution < -0.4 is 5.19 Å². The minimum Gasteiger partial charge on any atom is -0.389 e. The van der Waals surface area contributed by atoms with E-state index in [2.05, 4.69) is 0 Å². The Morgan fingerprint density at radius 2 is 1.69 bits per heavy atom. The predicted molar refractivity (Wildman–Crippen MR) is 60.2 cm³/mol. The van der Waals surface area contributed by atoms with Gasteiger partial charge in [0.15, 0.2) is 0 Å². The molecule has 0 bridgehead atoms. The Labute approximate surface area is 102 Å². The van der Waals surface area contributed by atoms with Gasteiger partial charge in [-0.15, -0.1) is 22.2 Å². The fourth-order valence-electron chi connectivity index (χ4n) is 1.12. The second-order valence-electron chi connectivity index (χ2n) is 3.02. The topological polar surface area (TPSA) is 9.23 Å². The average Bonchev–Trinajstić information content (AvgIpc) is 2.16. The summed E-state index contributed by atoms with van der Waals surface area (Å²) in [6.45, 7) is -1.05. The van der Waals surface area contributed by atoms with Crippen LogP contribution in [0.5, 0.6) is 0 Å². The van der Waals surface area contributed by atoms with Crippen molar-refractivity contribution in [1.82, 2.24) is 0 Å². The van der Waals surface area contributed by atoms with Crippen LogP contribution in [0.25, 0.3) is 0 Å². The molecule has 0 aliphatic carbocycles. The summed E-state index contributed by atoms with van der Waals surface area (Å²) in [7, 11) is 0. The van der Waals surface area contributed by atoms with Crippen LogP contribution >= 0.6 is 22.2 Å². The molecule has 0 aliphatic rings. The Morgan fingerprint density at radius 3 is 2.06 bits per heavy atom. The van der Waals surface area contributed by atoms with Gasteiger partial charge in [-0.3, -0.25) is 0 Å². The summed E-state index contributed by atoms with van der Waals surface area (Å²) in [6, 6.07) is 4.40. The molecule has 1 rings (SSSR count). The van der Waals surface area contributed by atoms with Crippen LogP contribution in [0.2, 0.25) is 0 Å². The van der Waals surface area contributed by atoms with E-state index in [9.17, 15) is 13.2 Å². The van der Waals surface area contributed by atoms with E-state index in [0.717, 1.165) is 12.1 Å². The van der Waals surface area contributed by atoms with Crippen molar-refractivity contribution >= 4 is 34.3 Å². The van der Waals surface area contributed by atoms with Gasteiger partial charge in [-0.1, -0.05) is 12.1 Å². The summed E-state index contributed by atoms with van der Waals surface area (Å²) >= 11 is 11.9. The molecule has 1 aromatic rings. The minimum atomic E-state index is -4.35. The molecule has 0 atom stereocenters. The van der Waals surface area contributed by atoms with Gasteiger partial charge in [-0.2, -0.15) is 13.2 Å². The molecule has 7 heteroatoms. The summed E-state index contributed by atoms with van der Waals surface area (Å²) in [5, 5.41) is 0.408. The lowest BCUT2D eigenvalue weighted by Gasteiger charge is -2.17. The van der Waals surface area contributed by atoms with Crippen molar-refractivity contribution in [3.63, 3.8) is 0 Å². The molecule has 1 aromatic carbocycles. The number of halogens is 5. The molecule has 0 aromatic heterocycles. The quantitative estimate of drug-likeness (QED) is 0.612. The first-order valence-electron chi connectivity index (χ1n) is 4.47. The van der Waals surface area contributed by atoms with Crippen molar-refractivity contribution in [2.24, 2.45) is 0 Å². The number of rotatable bonds is 3. The largest absolute Gasteiger partial charge is 0.423 e. The van der Waals surface area contributed by atoms with Gasteiger partial charge in [0.2, 0.25) is 0 Å². The third-order valence-electron chi connectivity index (χ3n) is 1.87. The van der Waals surface area contributed by atoms with Crippen LogP contribution in [0.4, 0.5) is 13.2 Å². The molecule has 1 nitrogen and oxygen atoms in total. The van der Waals surface area contributed by atoms with Crippen LogP contribution in [0.15, 0.2) is 24.3 Å². The van der Waals surface area contributed by atoms with Crippen molar-refractivity contribution in [2.45, 2.75) is 13.1 Å². The number of hydrogen-bond acceptors (Lipinski definition) is 1. The van der Waals surface area contributed by atoms with Crippen LogP contribution in [0, 0.1) is 0 Å². The van der Waals surface area contributed by atoms with Crippen molar-refractivity contribution in [2.75, 3.05) is 6.61 Å². The fraction of sp³-hybridized carbons (Fsp3) is 0.333. The molecule has 0 spiro atoms. The lowest BCUT2D eigenvalue weighted by atomic mass is 10.2. The fourth-order valence-corrected chi connectivity index (χ4v) is 3.61. The normalized spacial score (nSPS) is 12.9. The maximum Gasteiger partial charge on any atom is 0.423 e. The smallest absolute Gasteiger partial charge is 0.389 e. The van der Waals surface area contributed by atoms with E-state index in [1.165, 1.54) is 12.1 Å². The average molecular weight is 289 g/mol. The SMILES string of the molecule is CCO[Si](Cl)(Cl)c1ccc(C(F)(F)F)cc1. The first-order valence-corrected chi connectivity index (χ1v) is 8.40. The van der Waals surface area contributed by atoms with Gasteiger partial charge in [0.05, 0.1) is 5.56 Å². The maximum absolute atomic E-state index is 12.3. The molecule has 90 valence electrons. The third kappa shape index (κ3) is 3.38. The molecular formula is C9H9Cl2F3OSi. The number of benzene rings is 1. The van der Waals surface area contributed by atoms with E-state index in [-0.39, 0.29) is 0 Å². The molecule has 0 saturated heterocycles. The second kappa shape index (κ2) is 4.95. The van der Waals surface area contributed by atoms with Crippen LogP contribution in [0.3, 0.4) is 0 Å². The Kier molecular flexibility index (Phi) is 4.28. The van der Waals surface area contributed by atoms with Crippen molar-refractivity contribution in [3.05, 3.63) is 29.8 Å². The zero-order valence-corrected chi connectivity index (χ0v) is 10.8. The summed E-state index contributed by atoms with van der Waals surface area (Å²) in [5.74, 6) is 0. The molecule has 0 saturated carbocycles. The highest BCUT2D eigenvalue weighted by Gasteiger charge is 2.35. The highest BCUT2D eigenvalue weighted by molar-refractivity contribution is 7.48. The van der Waals surface area contributed by atoms with E-state index in [4.69, 9.17) is 26.6 Å². The minimum absolute atomic E-state index is 0.320. The van der Waals surface area contributed by atoms with Gasteiger partial charge >= 0.3 is 13.1 Å². The van der Waals surface area contributed by atoms with Crippen LogP contribution in [-0.2, 0) is 10.6 Å². The Hall–Kier alpha value is -0.233. The highest BCUT2D eigenvalue weighted by atomic mass is 35.7. The van der Waals surface area contributed by atoms with Gasteiger partial charge in [-0.25, -0.2) is 0 Å². The standard InChI is InChI=1S/C9H9Cl2F3OSi/c1-2-15-16(10,11)8-5-3-7(4-6-8)9(12,13)14/h3-6H,2H2,1H3. The van der Waals surface area contributed by atoms with E-state index < -0.39 is 18.7 Å². The zero-order chi connectivity index (χ0) is 12.4. The Balaban J connectivity index is 2.95. The molecule has 0 aliphatic heterocycles. The van der Waals surface area contributed by atoms with E-state index in [1.54, 1.807) is 6.92 Å². The monoisotopic (exact) mass is 288 g/mol. The molecule has 0 heterocycles. The highest BCUT2D eigenvalue weighted by Crippen LogP contribution is 2.29.